The second-order valence-corrected chi connectivity index (χ2v) is 5.93. The number of carboxylic acid groups (broad SMARTS) is 1. The van der Waals surface area contributed by atoms with Crippen molar-refractivity contribution in [1.82, 2.24) is 5.32 Å². The normalized spacial score (nSPS) is 26.6. The highest BCUT2D eigenvalue weighted by molar-refractivity contribution is 9.10. The summed E-state index contributed by atoms with van der Waals surface area (Å²) in [6.07, 6.45) is 0. The van der Waals surface area contributed by atoms with Gasteiger partial charge in [-0.25, -0.2) is 0 Å². The molecule has 3 nitrogen and oxygen atoms in total. The first kappa shape index (κ1) is 10.5. The molecule has 1 aliphatic rings. The first-order valence-electron chi connectivity index (χ1n) is 4.01. The van der Waals surface area contributed by atoms with Crippen molar-refractivity contribution in [3.63, 3.8) is 0 Å². The molecule has 1 aromatic rings. The van der Waals surface area contributed by atoms with Crippen molar-refractivity contribution in [2.75, 3.05) is 5.75 Å². The molecule has 2 rings (SSSR count). The van der Waals surface area contributed by atoms with E-state index in [1.165, 1.54) is 4.88 Å². The van der Waals surface area contributed by atoms with E-state index in [0.717, 1.165) is 4.47 Å². The van der Waals surface area contributed by atoms with Crippen LogP contribution in [0.5, 0.6) is 0 Å². The molecule has 2 heterocycles. The van der Waals surface area contributed by atoms with Gasteiger partial charge in [0.25, 0.3) is 0 Å². The van der Waals surface area contributed by atoms with Gasteiger partial charge in [-0.1, -0.05) is 0 Å². The number of hydrogen-bond acceptors (Lipinski definition) is 4. The summed E-state index contributed by atoms with van der Waals surface area (Å²) in [5.41, 5.74) is 0. The zero-order valence-electron chi connectivity index (χ0n) is 7.07. The number of nitrogens with one attached hydrogen (secondary N) is 1. The Labute approximate surface area is 98.0 Å². The summed E-state index contributed by atoms with van der Waals surface area (Å²) in [4.78, 5) is 11.9. The van der Waals surface area contributed by atoms with Crippen LogP contribution < -0.4 is 5.32 Å². The van der Waals surface area contributed by atoms with Gasteiger partial charge in [0.05, 0.1) is 5.37 Å². The van der Waals surface area contributed by atoms with Crippen LogP contribution in [-0.4, -0.2) is 22.9 Å². The molecule has 0 aliphatic carbocycles. The maximum Gasteiger partial charge on any atom is 0.321 e. The van der Waals surface area contributed by atoms with E-state index in [-0.39, 0.29) is 5.37 Å². The number of aliphatic carboxylic acids is 1. The highest BCUT2D eigenvalue weighted by Crippen LogP contribution is 2.37. The molecule has 6 heteroatoms. The molecular formula is C8H8BrNO2S2. The van der Waals surface area contributed by atoms with E-state index in [0.29, 0.717) is 5.75 Å². The third-order valence-electron chi connectivity index (χ3n) is 1.93. The van der Waals surface area contributed by atoms with Crippen molar-refractivity contribution in [2.45, 2.75) is 11.4 Å². The molecule has 2 atom stereocenters. The number of carbonyl (C=O) groups is 1. The minimum Gasteiger partial charge on any atom is -0.480 e. The lowest BCUT2D eigenvalue weighted by molar-refractivity contribution is -0.138. The lowest BCUT2D eigenvalue weighted by atomic mass is 10.3. The van der Waals surface area contributed by atoms with Crippen LogP contribution in [0.2, 0.25) is 0 Å². The zero-order chi connectivity index (χ0) is 10.1. The third-order valence-corrected chi connectivity index (χ3v) is 5.08. The van der Waals surface area contributed by atoms with Gasteiger partial charge < -0.3 is 5.11 Å². The van der Waals surface area contributed by atoms with Crippen molar-refractivity contribution in [2.24, 2.45) is 0 Å². The molecule has 14 heavy (non-hydrogen) atoms. The Balaban J connectivity index is 2.05. The topological polar surface area (TPSA) is 49.3 Å². The summed E-state index contributed by atoms with van der Waals surface area (Å²) in [6, 6.07) is 1.62. The molecular weight excluding hydrogens is 286 g/mol. The van der Waals surface area contributed by atoms with E-state index in [1.54, 1.807) is 23.1 Å². The minimum atomic E-state index is -0.768. The van der Waals surface area contributed by atoms with Crippen LogP contribution in [-0.2, 0) is 4.79 Å². The summed E-state index contributed by atoms with van der Waals surface area (Å²) >= 11 is 6.66. The number of carboxylic acids is 1. The van der Waals surface area contributed by atoms with Gasteiger partial charge in [0.15, 0.2) is 0 Å². The Morgan fingerprint density at radius 3 is 3.00 bits per heavy atom. The van der Waals surface area contributed by atoms with Crippen molar-refractivity contribution < 1.29 is 9.90 Å². The standard InChI is InChI=1S/C8H8BrNO2S2/c9-4-1-6(13-2-4)7-10-5(3-14-7)8(11)12/h1-2,5,7,10H,3H2,(H,11,12)/t5-,7-/m0/s1. The monoisotopic (exact) mass is 293 g/mol. The van der Waals surface area contributed by atoms with Crippen molar-refractivity contribution in [3.05, 3.63) is 20.8 Å². The summed E-state index contributed by atoms with van der Waals surface area (Å²) in [5.74, 6) is -0.133. The summed E-state index contributed by atoms with van der Waals surface area (Å²) < 4.78 is 1.05. The number of halogens is 1. The molecule has 76 valence electrons. The molecule has 0 aromatic carbocycles. The van der Waals surface area contributed by atoms with Crippen molar-refractivity contribution >= 4 is 45.0 Å². The predicted molar refractivity (Wildman–Crippen MR) is 61.8 cm³/mol. The first-order chi connectivity index (χ1) is 6.66. The van der Waals surface area contributed by atoms with Gasteiger partial charge in [-0.05, 0) is 22.0 Å². The quantitative estimate of drug-likeness (QED) is 0.878. The molecule has 1 aromatic heterocycles. The molecule has 0 spiro atoms. The maximum absolute atomic E-state index is 10.7. The molecule has 2 N–H and O–H groups in total. The molecule has 0 radical (unpaired) electrons. The highest BCUT2D eigenvalue weighted by atomic mass is 79.9. The Kier molecular flexibility index (Phi) is 3.16. The summed E-state index contributed by atoms with van der Waals surface area (Å²) in [5, 5.41) is 14.0. The minimum absolute atomic E-state index is 0.132. The zero-order valence-corrected chi connectivity index (χ0v) is 10.3. The van der Waals surface area contributed by atoms with Gasteiger partial charge in [-0.2, -0.15) is 0 Å². The largest absolute Gasteiger partial charge is 0.480 e. The molecule has 0 bridgehead atoms. The van der Waals surface area contributed by atoms with E-state index >= 15 is 0 Å². The van der Waals surface area contributed by atoms with Gasteiger partial charge in [0, 0.05) is 20.5 Å². The summed E-state index contributed by atoms with van der Waals surface area (Å²) in [6.45, 7) is 0. The fourth-order valence-electron chi connectivity index (χ4n) is 1.24. The Morgan fingerprint density at radius 2 is 2.50 bits per heavy atom. The predicted octanol–water partition coefficient (Wildman–Crippen LogP) is 2.30. The van der Waals surface area contributed by atoms with E-state index < -0.39 is 12.0 Å². The molecule has 1 saturated heterocycles. The van der Waals surface area contributed by atoms with Crippen molar-refractivity contribution in [3.8, 4) is 0 Å². The number of thiophene rings is 1. The fourth-order valence-corrected chi connectivity index (χ4v) is 4.11. The van der Waals surface area contributed by atoms with Gasteiger partial charge in [-0.15, -0.1) is 23.1 Å². The first-order valence-corrected chi connectivity index (χ1v) is 6.73. The number of hydrogen-bond donors (Lipinski definition) is 2. The van der Waals surface area contributed by atoms with Gasteiger partial charge in [-0.3, -0.25) is 10.1 Å². The lowest BCUT2D eigenvalue weighted by Crippen LogP contribution is -2.33. The lowest BCUT2D eigenvalue weighted by Gasteiger charge is -2.07. The average molecular weight is 294 g/mol. The second kappa shape index (κ2) is 4.22. The van der Waals surface area contributed by atoms with Crippen LogP contribution in [0.15, 0.2) is 15.9 Å². The van der Waals surface area contributed by atoms with Crippen LogP contribution in [0, 0.1) is 0 Å². The molecule has 0 saturated carbocycles. The second-order valence-electron chi connectivity index (χ2n) is 2.94. The third kappa shape index (κ3) is 2.13. The Morgan fingerprint density at radius 1 is 1.71 bits per heavy atom. The van der Waals surface area contributed by atoms with Crippen LogP contribution in [0.25, 0.3) is 0 Å². The van der Waals surface area contributed by atoms with E-state index in [9.17, 15) is 4.79 Å². The Hall–Kier alpha value is -0.0400. The number of rotatable bonds is 2. The fraction of sp³-hybridized carbons (Fsp3) is 0.375. The van der Waals surface area contributed by atoms with Gasteiger partial charge in [0.2, 0.25) is 0 Å². The molecule has 1 aliphatic heterocycles. The highest BCUT2D eigenvalue weighted by Gasteiger charge is 2.30. The van der Waals surface area contributed by atoms with E-state index in [2.05, 4.69) is 21.2 Å². The van der Waals surface area contributed by atoms with E-state index in [4.69, 9.17) is 5.11 Å². The Bertz CT molecular complexity index is 355. The van der Waals surface area contributed by atoms with Gasteiger partial charge in [0.1, 0.15) is 6.04 Å². The number of thioether (sulfide) groups is 1. The maximum atomic E-state index is 10.7. The van der Waals surface area contributed by atoms with Crippen LogP contribution in [0.4, 0.5) is 0 Å². The average Bonchev–Trinajstić information content (AvgIpc) is 2.70. The smallest absolute Gasteiger partial charge is 0.321 e. The molecule has 0 unspecified atom stereocenters. The van der Waals surface area contributed by atoms with Gasteiger partial charge >= 0.3 is 5.97 Å². The van der Waals surface area contributed by atoms with E-state index in [1.807, 2.05) is 11.4 Å². The molecule has 0 amide bonds. The molecule has 1 fully saturated rings. The SMILES string of the molecule is O=C(O)[C@@H]1CS[C@@H](c2cc(Br)cs2)N1. The van der Waals surface area contributed by atoms with Crippen LogP contribution in [0.1, 0.15) is 10.3 Å². The van der Waals surface area contributed by atoms with Crippen molar-refractivity contribution in [1.29, 1.82) is 0 Å². The van der Waals surface area contributed by atoms with Crippen LogP contribution >= 0.6 is 39.0 Å². The van der Waals surface area contributed by atoms with Crippen LogP contribution in [0.3, 0.4) is 0 Å². The summed E-state index contributed by atoms with van der Waals surface area (Å²) in [7, 11) is 0.